The van der Waals surface area contributed by atoms with E-state index in [0.29, 0.717) is 34.2 Å². The van der Waals surface area contributed by atoms with Crippen molar-refractivity contribution in [3.05, 3.63) is 70.1 Å². The van der Waals surface area contributed by atoms with Crippen LogP contribution in [-0.2, 0) is 11.2 Å². The molecule has 0 aliphatic carbocycles. The van der Waals surface area contributed by atoms with E-state index in [1.165, 1.54) is 0 Å². The number of pyridine rings is 1. The molecule has 0 fully saturated rings. The molecule has 7 heteroatoms. The number of hydrogen-bond donors (Lipinski definition) is 1. The van der Waals surface area contributed by atoms with Crippen LogP contribution in [0.4, 0.5) is 0 Å². The maximum Gasteiger partial charge on any atom is 0.220 e. The van der Waals surface area contributed by atoms with Gasteiger partial charge in [-0.1, -0.05) is 53.5 Å². The fourth-order valence-corrected chi connectivity index (χ4v) is 3.14. The third kappa shape index (κ3) is 4.62. The first-order chi connectivity index (χ1) is 12.5. The third-order valence-electron chi connectivity index (χ3n) is 3.90. The number of ketones is 1. The van der Waals surface area contributed by atoms with Crippen molar-refractivity contribution in [2.75, 3.05) is 6.54 Å². The normalized spacial score (nSPS) is 10.8. The van der Waals surface area contributed by atoms with Crippen LogP contribution in [0.3, 0.4) is 0 Å². The van der Waals surface area contributed by atoms with Crippen LogP contribution in [0.15, 0.2) is 48.8 Å². The Morgan fingerprint density at radius 3 is 2.62 bits per heavy atom. The molecule has 0 saturated heterocycles. The van der Waals surface area contributed by atoms with E-state index in [2.05, 4.69) is 10.3 Å². The number of aromatic nitrogens is 2. The number of carbonyl (C=O) groups is 2. The Labute approximate surface area is 160 Å². The highest BCUT2D eigenvalue weighted by Gasteiger charge is 2.10. The number of carbonyl (C=O) groups excluding carboxylic acids is 2. The lowest BCUT2D eigenvalue weighted by Gasteiger charge is -2.04. The van der Waals surface area contributed by atoms with Gasteiger partial charge in [0.15, 0.2) is 11.4 Å². The molecule has 134 valence electrons. The fourth-order valence-electron chi connectivity index (χ4n) is 2.61. The molecule has 0 radical (unpaired) electrons. The molecular formula is C19H17Cl2N3O2. The molecule has 0 saturated carbocycles. The first-order valence-corrected chi connectivity index (χ1v) is 8.96. The van der Waals surface area contributed by atoms with E-state index in [9.17, 15) is 9.59 Å². The van der Waals surface area contributed by atoms with Crippen LogP contribution in [0, 0.1) is 0 Å². The zero-order chi connectivity index (χ0) is 18.5. The average Bonchev–Trinajstić information content (AvgIpc) is 3.03. The standard InChI is InChI=1S/C19H17Cl2N3O2/c20-14-10-16(21)19-23-15(12-24(19)11-14)8-9-22-18(26)7-6-17(25)13-4-2-1-3-5-13/h1-5,10-12H,6-9H2,(H,22,26). The van der Waals surface area contributed by atoms with Gasteiger partial charge in [0, 0.05) is 43.8 Å². The number of halogens is 2. The Balaban J connectivity index is 1.46. The van der Waals surface area contributed by atoms with E-state index in [4.69, 9.17) is 23.2 Å². The van der Waals surface area contributed by atoms with E-state index in [1.54, 1.807) is 28.8 Å². The summed E-state index contributed by atoms with van der Waals surface area (Å²) in [7, 11) is 0. The summed E-state index contributed by atoms with van der Waals surface area (Å²) in [5.74, 6) is -0.188. The Kier molecular flexibility index (Phi) is 5.91. The van der Waals surface area contributed by atoms with Crippen LogP contribution < -0.4 is 5.32 Å². The van der Waals surface area contributed by atoms with Gasteiger partial charge in [0.05, 0.1) is 15.7 Å². The van der Waals surface area contributed by atoms with Gasteiger partial charge in [-0.2, -0.15) is 0 Å². The minimum atomic E-state index is -0.154. The van der Waals surface area contributed by atoms with Gasteiger partial charge in [0.2, 0.25) is 5.91 Å². The summed E-state index contributed by atoms with van der Waals surface area (Å²) in [5.41, 5.74) is 2.06. The molecule has 26 heavy (non-hydrogen) atoms. The minimum Gasteiger partial charge on any atom is -0.356 e. The van der Waals surface area contributed by atoms with E-state index < -0.39 is 0 Å². The van der Waals surface area contributed by atoms with E-state index in [-0.39, 0.29) is 24.5 Å². The Morgan fingerprint density at radius 2 is 1.85 bits per heavy atom. The smallest absolute Gasteiger partial charge is 0.220 e. The minimum absolute atomic E-state index is 0.0346. The van der Waals surface area contributed by atoms with E-state index in [1.807, 2.05) is 24.4 Å². The molecule has 2 aromatic heterocycles. The highest BCUT2D eigenvalue weighted by molar-refractivity contribution is 6.36. The molecule has 1 N–H and O–H groups in total. The number of amides is 1. The first-order valence-electron chi connectivity index (χ1n) is 8.20. The van der Waals surface area contributed by atoms with Gasteiger partial charge >= 0.3 is 0 Å². The van der Waals surface area contributed by atoms with Crippen molar-refractivity contribution in [1.29, 1.82) is 0 Å². The van der Waals surface area contributed by atoms with Crippen LogP contribution in [-0.4, -0.2) is 27.6 Å². The number of nitrogens with zero attached hydrogens (tertiary/aromatic N) is 2. The van der Waals surface area contributed by atoms with Crippen molar-refractivity contribution in [3.63, 3.8) is 0 Å². The van der Waals surface area contributed by atoms with Crippen molar-refractivity contribution in [2.24, 2.45) is 0 Å². The summed E-state index contributed by atoms with van der Waals surface area (Å²) in [6.45, 7) is 0.438. The zero-order valence-corrected chi connectivity index (χ0v) is 15.4. The molecule has 2 heterocycles. The number of benzene rings is 1. The largest absolute Gasteiger partial charge is 0.356 e. The topological polar surface area (TPSA) is 63.5 Å². The molecule has 0 unspecified atom stereocenters. The molecule has 1 aromatic carbocycles. The second kappa shape index (κ2) is 8.34. The number of nitrogens with one attached hydrogen (secondary N) is 1. The monoisotopic (exact) mass is 389 g/mol. The Morgan fingerprint density at radius 1 is 1.08 bits per heavy atom. The summed E-state index contributed by atoms with van der Waals surface area (Å²) in [5, 5.41) is 3.82. The Bertz CT molecular complexity index is 939. The van der Waals surface area contributed by atoms with Crippen molar-refractivity contribution in [3.8, 4) is 0 Å². The Hall–Kier alpha value is -2.37. The summed E-state index contributed by atoms with van der Waals surface area (Å²) in [6, 6.07) is 10.6. The van der Waals surface area contributed by atoms with Crippen LogP contribution in [0.25, 0.3) is 5.65 Å². The average molecular weight is 390 g/mol. The molecule has 0 aliphatic rings. The number of imidazole rings is 1. The van der Waals surface area contributed by atoms with Crippen molar-refractivity contribution in [1.82, 2.24) is 14.7 Å². The first kappa shape index (κ1) is 18.4. The van der Waals surface area contributed by atoms with Crippen molar-refractivity contribution < 1.29 is 9.59 Å². The molecule has 1 amide bonds. The van der Waals surface area contributed by atoms with Crippen LogP contribution in [0.1, 0.15) is 28.9 Å². The van der Waals surface area contributed by atoms with Gasteiger partial charge in [0.1, 0.15) is 0 Å². The predicted octanol–water partition coefficient (Wildman–Crippen LogP) is 3.96. The molecule has 0 atom stereocenters. The molecule has 3 aromatic rings. The van der Waals surface area contributed by atoms with Gasteiger partial charge in [-0.15, -0.1) is 0 Å². The van der Waals surface area contributed by atoms with Crippen LogP contribution in [0.5, 0.6) is 0 Å². The van der Waals surface area contributed by atoms with E-state index in [0.717, 1.165) is 5.69 Å². The SMILES string of the molecule is O=C(CCC(=O)c1ccccc1)NCCc1cn2cc(Cl)cc(Cl)c2n1. The number of Topliss-reactive ketones (excluding diaryl/α,β-unsaturated/α-hetero) is 1. The van der Waals surface area contributed by atoms with Gasteiger partial charge < -0.3 is 9.72 Å². The highest BCUT2D eigenvalue weighted by atomic mass is 35.5. The van der Waals surface area contributed by atoms with Gasteiger partial charge in [0.25, 0.3) is 0 Å². The second-order valence-corrected chi connectivity index (χ2v) is 6.70. The maximum atomic E-state index is 12.0. The lowest BCUT2D eigenvalue weighted by atomic mass is 10.1. The molecular weight excluding hydrogens is 373 g/mol. The number of hydrogen-bond acceptors (Lipinski definition) is 3. The molecule has 0 bridgehead atoms. The summed E-state index contributed by atoms with van der Waals surface area (Å²) >= 11 is 12.1. The fraction of sp³-hybridized carbons (Fsp3) is 0.211. The van der Waals surface area contributed by atoms with Crippen molar-refractivity contribution >= 4 is 40.5 Å². The molecule has 0 aliphatic heterocycles. The van der Waals surface area contributed by atoms with Crippen LogP contribution in [0.2, 0.25) is 10.0 Å². The predicted molar refractivity (Wildman–Crippen MR) is 102 cm³/mol. The van der Waals surface area contributed by atoms with Crippen LogP contribution >= 0.6 is 23.2 Å². The lowest BCUT2D eigenvalue weighted by Crippen LogP contribution is -2.26. The van der Waals surface area contributed by atoms with Gasteiger partial charge in [-0.3, -0.25) is 9.59 Å². The molecule has 0 spiro atoms. The van der Waals surface area contributed by atoms with Crippen molar-refractivity contribution in [2.45, 2.75) is 19.3 Å². The van der Waals surface area contributed by atoms with Gasteiger partial charge in [-0.05, 0) is 6.07 Å². The van der Waals surface area contributed by atoms with E-state index >= 15 is 0 Å². The lowest BCUT2D eigenvalue weighted by molar-refractivity contribution is -0.121. The molecule has 3 rings (SSSR count). The summed E-state index contributed by atoms with van der Waals surface area (Å²) < 4.78 is 1.76. The zero-order valence-electron chi connectivity index (χ0n) is 13.9. The summed E-state index contributed by atoms with van der Waals surface area (Å²) in [4.78, 5) is 28.3. The maximum absolute atomic E-state index is 12.0. The second-order valence-electron chi connectivity index (χ2n) is 5.86. The van der Waals surface area contributed by atoms with Gasteiger partial charge in [-0.25, -0.2) is 4.98 Å². The molecule has 5 nitrogen and oxygen atoms in total. The highest BCUT2D eigenvalue weighted by Crippen LogP contribution is 2.21. The number of rotatable bonds is 7. The third-order valence-corrected chi connectivity index (χ3v) is 4.39. The number of fused-ring (bicyclic) bond motifs is 1. The summed E-state index contributed by atoms with van der Waals surface area (Å²) in [6.07, 6.45) is 4.48. The quantitative estimate of drug-likeness (QED) is 0.621.